The topological polar surface area (TPSA) is 9.23 Å². The van der Waals surface area contributed by atoms with E-state index >= 15 is 0 Å². The van der Waals surface area contributed by atoms with E-state index in [1.165, 1.54) is 34.8 Å². The fraction of sp³-hybridized carbons (Fsp3) is 0.571. The molecule has 0 saturated heterocycles. The van der Waals surface area contributed by atoms with Crippen molar-refractivity contribution in [3.8, 4) is 0 Å². The SMILES string of the molecule is COC1CCC(c2c(C)cccc2I)CC1. The number of ether oxygens (including phenoxy) is 1. The number of methoxy groups -OCH3 is 1. The predicted molar refractivity (Wildman–Crippen MR) is 75.9 cm³/mol. The molecule has 1 fully saturated rings. The highest BCUT2D eigenvalue weighted by Crippen LogP contribution is 2.37. The number of aryl methyl sites for hydroxylation is 1. The van der Waals surface area contributed by atoms with Crippen molar-refractivity contribution < 1.29 is 4.74 Å². The van der Waals surface area contributed by atoms with E-state index in [1.54, 1.807) is 5.56 Å². The monoisotopic (exact) mass is 330 g/mol. The van der Waals surface area contributed by atoms with Crippen LogP contribution < -0.4 is 0 Å². The highest BCUT2D eigenvalue weighted by Gasteiger charge is 2.24. The number of benzene rings is 1. The van der Waals surface area contributed by atoms with Gasteiger partial charge in [0.25, 0.3) is 0 Å². The van der Waals surface area contributed by atoms with Gasteiger partial charge in [0.2, 0.25) is 0 Å². The standard InChI is InChI=1S/C14H19IO/c1-10-4-3-5-13(15)14(10)11-6-8-12(16-2)9-7-11/h3-5,11-12H,6-9H2,1-2H3. The summed E-state index contributed by atoms with van der Waals surface area (Å²) in [5.41, 5.74) is 3.03. The zero-order valence-electron chi connectivity index (χ0n) is 10.0. The Kier molecular flexibility index (Phi) is 4.25. The molecule has 2 heteroatoms. The molecule has 1 aliphatic carbocycles. The summed E-state index contributed by atoms with van der Waals surface area (Å²) in [6.45, 7) is 2.24. The summed E-state index contributed by atoms with van der Waals surface area (Å²) in [6, 6.07) is 6.62. The number of rotatable bonds is 2. The average Bonchev–Trinajstić information content (AvgIpc) is 2.30. The van der Waals surface area contributed by atoms with Gasteiger partial charge in [-0.1, -0.05) is 12.1 Å². The van der Waals surface area contributed by atoms with Crippen LogP contribution in [0.4, 0.5) is 0 Å². The molecule has 1 aromatic rings. The highest BCUT2D eigenvalue weighted by atomic mass is 127. The van der Waals surface area contributed by atoms with E-state index in [0.717, 1.165) is 5.92 Å². The first-order chi connectivity index (χ1) is 7.72. The molecule has 1 saturated carbocycles. The number of hydrogen-bond acceptors (Lipinski definition) is 1. The van der Waals surface area contributed by atoms with Crippen molar-refractivity contribution in [1.82, 2.24) is 0 Å². The van der Waals surface area contributed by atoms with Gasteiger partial charge >= 0.3 is 0 Å². The first-order valence-electron chi connectivity index (χ1n) is 6.00. The van der Waals surface area contributed by atoms with Gasteiger partial charge in [0, 0.05) is 10.7 Å². The van der Waals surface area contributed by atoms with Crippen LogP contribution in [0.3, 0.4) is 0 Å². The third kappa shape index (κ3) is 2.59. The first kappa shape index (κ1) is 12.4. The summed E-state index contributed by atoms with van der Waals surface area (Å²) in [6.07, 6.45) is 5.48. The maximum absolute atomic E-state index is 5.43. The van der Waals surface area contributed by atoms with Gasteiger partial charge < -0.3 is 4.74 Å². The lowest BCUT2D eigenvalue weighted by atomic mass is 9.81. The van der Waals surface area contributed by atoms with Gasteiger partial charge in [0.05, 0.1) is 6.10 Å². The maximum Gasteiger partial charge on any atom is 0.0571 e. The second-order valence-corrected chi connectivity index (χ2v) is 5.84. The Morgan fingerprint density at radius 2 is 1.88 bits per heavy atom. The zero-order valence-corrected chi connectivity index (χ0v) is 12.2. The van der Waals surface area contributed by atoms with Gasteiger partial charge in [-0.3, -0.25) is 0 Å². The largest absolute Gasteiger partial charge is 0.381 e. The normalized spacial score (nSPS) is 25.7. The summed E-state index contributed by atoms with van der Waals surface area (Å²) in [5.74, 6) is 0.750. The molecule has 0 atom stereocenters. The molecule has 2 rings (SSSR count). The zero-order chi connectivity index (χ0) is 11.5. The molecule has 0 bridgehead atoms. The summed E-state index contributed by atoms with van der Waals surface area (Å²) < 4.78 is 6.86. The summed E-state index contributed by atoms with van der Waals surface area (Å²) in [7, 11) is 1.84. The molecule has 0 N–H and O–H groups in total. The van der Waals surface area contributed by atoms with Crippen molar-refractivity contribution in [2.45, 2.75) is 44.6 Å². The van der Waals surface area contributed by atoms with Crippen LogP contribution in [0.25, 0.3) is 0 Å². The molecule has 0 aromatic heterocycles. The predicted octanol–water partition coefficient (Wildman–Crippen LogP) is 4.27. The molecule has 1 nitrogen and oxygen atoms in total. The minimum Gasteiger partial charge on any atom is -0.381 e. The van der Waals surface area contributed by atoms with E-state index in [4.69, 9.17) is 4.74 Å². The van der Waals surface area contributed by atoms with Crippen LogP contribution >= 0.6 is 22.6 Å². The van der Waals surface area contributed by atoms with Gasteiger partial charge in [-0.25, -0.2) is 0 Å². The van der Waals surface area contributed by atoms with Crippen molar-refractivity contribution in [3.05, 3.63) is 32.9 Å². The van der Waals surface area contributed by atoms with Crippen LogP contribution in [0.15, 0.2) is 18.2 Å². The highest BCUT2D eigenvalue weighted by molar-refractivity contribution is 14.1. The van der Waals surface area contributed by atoms with Crippen LogP contribution in [-0.4, -0.2) is 13.2 Å². The third-order valence-electron chi connectivity index (χ3n) is 3.69. The lowest BCUT2D eigenvalue weighted by Gasteiger charge is -2.29. The average molecular weight is 330 g/mol. The first-order valence-corrected chi connectivity index (χ1v) is 7.08. The summed E-state index contributed by atoms with van der Waals surface area (Å²) in [4.78, 5) is 0. The Morgan fingerprint density at radius 1 is 1.19 bits per heavy atom. The molecular formula is C14H19IO. The van der Waals surface area contributed by atoms with E-state index in [0.29, 0.717) is 6.10 Å². The molecule has 0 amide bonds. The van der Waals surface area contributed by atoms with Crippen molar-refractivity contribution in [3.63, 3.8) is 0 Å². The Labute approximate surface area is 112 Å². The van der Waals surface area contributed by atoms with E-state index in [2.05, 4.69) is 47.7 Å². The van der Waals surface area contributed by atoms with Gasteiger partial charge in [-0.2, -0.15) is 0 Å². The molecule has 0 unspecified atom stereocenters. The minimum atomic E-state index is 0.498. The van der Waals surface area contributed by atoms with Crippen LogP contribution in [-0.2, 0) is 4.74 Å². The van der Waals surface area contributed by atoms with Gasteiger partial charge in [0.15, 0.2) is 0 Å². The van der Waals surface area contributed by atoms with E-state index in [9.17, 15) is 0 Å². The Hall–Kier alpha value is -0.0900. The van der Waals surface area contributed by atoms with Crippen LogP contribution in [0.2, 0.25) is 0 Å². The van der Waals surface area contributed by atoms with Crippen LogP contribution in [0.1, 0.15) is 42.7 Å². The molecule has 1 aliphatic rings. The number of hydrogen-bond donors (Lipinski definition) is 0. The Bertz CT molecular complexity index is 334. The van der Waals surface area contributed by atoms with Crippen LogP contribution in [0, 0.1) is 10.5 Å². The van der Waals surface area contributed by atoms with Crippen molar-refractivity contribution in [1.29, 1.82) is 0 Å². The molecule has 16 heavy (non-hydrogen) atoms. The molecule has 1 aromatic carbocycles. The molecular weight excluding hydrogens is 311 g/mol. The number of halogens is 1. The summed E-state index contributed by atoms with van der Waals surface area (Å²) >= 11 is 2.47. The van der Waals surface area contributed by atoms with Gasteiger partial charge in [0.1, 0.15) is 0 Å². The fourth-order valence-corrected chi connectivity index (χ4v) is 3.82. The van der Waals surface area contributed by atoms with E-state index in [1.807, 2.05) is 7.11 Å². The third-order valence-corrected chi connectivity index (χ3v) is 4.63. The Balaban J connectivity index is 2.14. The molecule has 0 heterocycles. The summed E-state index contributed by atoms with van der Waals surface area (Å²) in [5, 5.41) is 0. The van der Waals surface area contributed by atoms with E-state index in [-0.39, 0.29) is 0 Å². The van der Waals surface area contributed by atoms with Crippen molar-refractivity contribution >= 4 is 22.6 Å². The lowest BCUT2D eigenvalue weighted by molar-refractivity contribution is 0.0657. The molecule has 0 spiro atoms. The second kappa shape index (κ2) is 5.50. The quantitative estimate of drug-likeness (QED) is 0.736. The molecule has 0 aliphatic heterocycles. The fourth-order valence-electron chi connectivity index (χ4n) is 2.75. The molecule has 0 radical (unpaired) electrons. The Morgan fingerprint density at radius 3 is 2.44 bits per heavy atom. The lowest BCUT2D eigenvalue weighted by Crippen LogP contribution is -2.20. The minimum absolute atomic E-state index is 0.498. The second-order valence-electron chi connectivity index (χ2n) is 4.68. The van der Waals surface area contributed by atoms with Gasteiger partial charge in [-0.05, 0) is 78.3 Å². The van der Waals surface area contributed by atoms with Gasteiger partial charge in [-0.15, -0.1) is 0 Å². The van der Waals surface area contributed by atoms with Crippen molar-refractivity contribution in [2.24, 2.45) is 0 Å². The van der Waals surface area contributed by atoms with Crippen LogP contribution in [0.5, 0.6) is 0 Å². The molecule has 88 valence electrons. The maximum atomic E-state index is 5.43. The smallest absolute Gasteiger partial charge is 0.0571 e. The van der Waals surface area contributed by atoms with E-state index < -0.39 is 0 Å². The van der Waals surface area contributed by atoms with Crippen molar-refractivity contribution in [2.75, 3.05) is 7.11 Å².